The van der Waals surface area contributed by atoms with E-state index in [0.29, 0.717) is 0 Å². The van der Waals surface area contributed by atoms with Crippen LogP contribution in [0.1, 0.15) is 52.0 Å². The number of rotatable bonds is 2. The van der Waals surface area contributed by atoms with E-state index in [0.717, 1.165) is 36.7 Å². The first kappa shape index (κ1) is 16.6. The largest absolute Gasteiger partial charge is 0.444 e. The third kappa shape index (κ3) is 3.96. The summed E-state index contributed by atoms with van der Waals surface area (Å²) in [5.41, 5.74) is 4.08. The van der Waals surface area contributed by atoms with Crippen LogP contribution in [0.3, 0.4) is 0 Å². The number of carbonyl (C=O) groups excluding carboxylic acids is 1. The second-order valence-corrected chi connectivity index (χ2v) is 7.30. The van der Waals surface area contributed by atoms with Crippen LogP contribution in [0.2, 0.25) is 0 Å². The van der Waals surface area contributed by atoms with Crippen LogP contribution in [-0.2, 0) is 4.74 Å². The number of H-pyrrole nitrogens is 1. The van der Waals surface area contributed by atoms with Gasteiger partial charge in [-0.3, -0.25) is 4.98 Å². The first-order chi connectivity index (χ1) is 11.4. The van der Waals surface area contributed by atoms with Crippen LogP contribution in [0.4, 0.5) is 4.79 Å². The Morgan fingerprint density at radius 2 is 2.25 bits per heavy atom. The van der Waals surface area contributed by atoms with Gasteiger partial charge in [-0.25, -0.2) is 4.79 Å². The maximum absolute atomic E-state index is 12.0. The van der Waals surface area contributed by atoms with E-state index in [1.54, 1.807) is 0 Å². The highest BCUT2D eigenvalue weighted by molar-refractivity contribution is 5.89. The summed E-state index contributed by atoms with van der Waals surface area (Å²) in [4.78, 5) is 19.7. The monoisotopic (exact) mass is 327 g/mol. The Hall–Kier alpha value is -2.30. The van der Waals surface area contributed by atoms with Gasteiger partial charge in [-0.2, -0.15) is 0 Å². The highest BCUT2D eigenvalue weighted by atomic mass is 16.6. The number of carbonyl (C=O) groups is 1. The smallest absolute Gasteiger partial charge is 0.407 e. The molecule has 1 unspecified atom stereocenters. The quantitative estimate of drug-likeness (QED) is 0.858. The zero-order chi connectivity index (χ0) is 17.2. The van der Waals surface area contributed by atoms with Crippen LogP contribution in [0.25, 0.3) is 16.6 Å². The fourth-order valence-electron chi connectivity index (χ4n) is 3.09. The first-order valence-corrected chi connectivity index (χ1v) is 8.53. The molecule has 128 valence electrons. The summed E-state index contributed by atoms with van der Waals surface area (Å²) in [6.45, 7) is 5.63. The number of aromatic amines is 1. The van der Waals surface area contributed by atoms with Crippen LogP contribution in [0.15, 0.2) is 30.6 Å². The minimum absolute atomic E-state index is 0.121. The number of amides is 1. The maximum atomic E-state index is 12.0. The predicted molar refractivity (Wildman–Crippen MR) is 95.7 cm³/mol. The van der Waals surface area contributed by atoms with Crippen molar-refractivity contribution in [3.63, 3.8) is 0 Å². The predicted octanol–water partition coefficient (Wildman–Crippen LogP) is 4.41. The number of pyridine rings is 1. The van der Waals surface area contributed by atoms with Crippen molar-refractivity contribution in [1.82, 2.24) is 15.3 Å². The van der Waals surface area contributed by atoms with Gasteiger partial charge in [-0.1, -0.05) is 6.08 Å². The molecule has 0 aliphatic heterocycles. The van der Waals surface area contributed by atoms with Crippen molar-refractivity contribution in [1.29, 1.82) is 0 Å². The molecule has 0 saturated carbocycles. The Balaban J connectivity index is 1.70. The van der Waals surface area contributed by atoms with E-state index in [4.69, 9.17) is 4.74 Å². The second kappa shape index (κ2) is 6.67. The van der Waals surface area contributed by atoms with Crippen LogP contribution in [-0.4, -0.2) is 27.7 Å². The lowest BCUT2D eigenvalue weighted by Gasteiger charge is -2.22. The summed E-state index contributed by atoms with van der Waals surface area (Å²) in [5.74, 6) is 0. The third-order valence-corrected chi connectivity index (χ3v) is 4.15. The fraction of sp³-hybridized carbons (Fsp3) is 0.474. The summed E-state index contributed by atoms with van der Waals surface area (Å²) in [6, 6.07) is 4.09. The molecular formula is C19H25N3O2. The van der Waals surface area contributed by atoms with E-state index >= 15 is 0 Å². The Kier molecular flexibility index (Phi) is 4.60. The van der Waals surface area contributed by atoms with Gasteiger partial charge < -0.3 is 15.0 Å². The molecule has 1 aliphatic rings. The molecule has 1 amide bonds. The molecule has 0 fully saturated rings. The highest BCUT2D eigenvalue weighted by Crippen LogP contribution is 2.30. The molecule has 3 rings (SSSR count). The fourth-order valence-corrected chi connectivity index (χ4v) is 3.09. The summed E-state index contributed by atoms with van der Waals surface area (Å²) >= 11 is 0. The van der Waals surface area contributed by atoms with Gasteiger partial charge in [0.25, 0.3) is 0 Å². The molecule has 2 aromatic rings. The van der Waals surface area contributed by atoms with E-state index < -0.39 is 5.60 Å². The molecule has 1 atom stereocenters. The van der Waals surface area contributed by atoms with Gasteiger partial charge in [0.15, 0.2) is 0 Å². The molecule has 0 radical (unpaired) electrons. The molecule has 0 spiro atoms. The lowest BCUT2D eigenvalue weighted by Crippen LogP contribution is -2.38. The van der Waals surface area contributed by atoms with Crippen molar-refractivity contribution in [3.05, 3.63) is 36.2 Å². The number of aromatic nitrogens is 2. The van der Waals surface area contributed by atoms with Crippen molar-refractivity contribution in [3.8, 4) is 0 Å². The van der Waals surface area contributed by atoms with E-state index in [2.05, 4.69) is 21.4 Å². The van der Waals surface area contributed by atoms with Gasteiger partial charge in [0.1, 0.15) is 5.60 Å². The maximum Gasteiger partial charge on any atom is 0.407 e. The van der Waals surface area contributed by atoms with E-state index in [-0.39, 0.29) is 12.1 Å². The minimum atomic E-state index is -0.467. The zero-order valence-corrected chi connectivity index (χ0v) is 14.6. The Morgan fingerprint density at radius 1 is 1.42 bits per heavy atom. The van der Waals surface area contributed by atoms with Gasteiger partial charge in [0.05, 0.1) is 11.0 Å². The van der Waals surface area contributed by atoms with Crippen molar-refractivity contribution >= 4 is 22.7 Å². The van der Waals surface area contributed by atoms with Crippen LogP contribution >= 0.6 is 0 Å². The number of alkyl carbamates (subject to hydrolysis) is 1. The van der Waals surface area contributed by atoms with Gasteiger partial charge >= 0.3 is 6.09 Å². The second-order valence-electron chi connectivity index (χ2n) is 7.30. The summed E-state index contributed by atoms with van der Waals surface area (Å²) < 4.78 is 5.35. The van der Waals surface area contributed by atoms with Crippen LogP contribution in [0, 0.1) is 0 Å². The number of fused-ring (bicyclic) bond motifs is 1. The molecule has 0 aromatic carbocycles. The number of nitrogens with zero attached hydrogens (tertiary/aromatic N) is 1. The lowest BCUT2D eigenvalue weighted by atomic mass is 10.0. The van der Waals surface area contributed by atoms with Gasteiger partial charge in [0.2, 0.25) is 0 Å². The van der Waals surface area contributed by atoms with Gasteiger partial charge in [0, 0.05) is 24.0 Å². The number of hydrogen-bond acceptors (Lipinski definition) is 3. The summed E-state index contributed by atoms with van der Waals surface area (Å²) in [7, 11) is 0. The number of ether oxygens (including phenoxy) is 1. The minimum Gasteiger partial charge on any atom is -0.444 e. The van der Waals surface area contributed by atoms with Crippen molar-refractivity contribution in [2.24, 2.45) is 0 Å². The average molecular weight is 327 g/mol. The normalized spacial score (nSPS) is 18.8. The van der Waals surface area contributed by atoms with Crippen molar-refractivity contribution in [2.75, 3.05) is 0 Å². The first-order valence-electron chi connectivity index (χ1n) is 8.53. The molecule has 2 heterocycles. The molecule has 2 N–H and O–H groups in total. The Labute approximate surface area is 142 Å². The molecule has 24 heavy (non-hydrogen) atoms. The van der Waals surface area contributed by atoms with Crippen LogP contribution < -0.4 is 5.32 Å². The highest BCUT2D eigenvalue weighted by Gasteiger charge is 2.21. The molecule has 5 nitrogen and oxygen atoms in total. The number of hydrogen-bond donors (Lipinski definition) is 2. The molecule has 1 aliphatic carbocycles. The summed E-state index contributed by atoms with van der Waals surface area (Å²) in [6.07, 6.45) is 9.55. The molecule has 0 bridgehead atoms. The van der Waals surface area contributed by atoms with E-state index in [1.165, 1.54) is 11.1 Å². The average Bonchev–Trinajstić information content (AvgIpc) is 2.79. The molecule has 5 heteroatoms. The Morgan fingerprint density at radius 3 is 3.04 bits per heavy atom. The molecular weight excluding hydrogens is 302 g/mol. The lowest BCUT2D eigenvalue weighted by molar-refractivity contribution is 0.0502. The van der Waals surface area contributed by atoms with E-state index in [1.807, 2.05) is 45.3 Å². The number of nitrogens with one attached hydrogen (secondary N) is 2. The Bertz CT molecular complexity index is 755. The summed E-state index contributed by atoms with van der Waals surface area (Å²) in [5, 5.41) is 2.99. The van der Waals surface area contributed by atoms with E-state index in [9.17, 15) is 4.79 Å². The van der Waals surface area contributed by atoms with Gasteiger partial charge in [-0.05, 0) is 64.2 Å². The SMILES string of the molecule is CC(C)(C)OC(=O)NC1CC=C(c2c[nH]c3cccnc23)CCC1. The standard InChI is InChI=1S/C19H25N3O2/c1-19(2,3)24-18(23)22-14-7-4-6-13(9-10-14)15-12-21-16-8-5-11-20-17(15)16/h5,8-9,11-12,14,21H,4,6-7,10H2,1-3H3,(H,22,23). The molecule has 2 aromatic heterocycles. The zero-order valence-electron chi connectivity index (χ0n) is 14.6. The topological polar surface area (TPSA) is 67.0 Å². The van der Waals surface area contributed by atoms with Gasteiger partial charge in [-0.15, -0.1) is 0 Å². The van der Waals surface area contributed by atoms with Crippen LogP contribution in [0.5, 0.6) is 0 Å². The molecule has 0 saturated heterocycles. The van der Waals surface area contributed by atoms with Crippen molar-refractivity contribution < 1.29 is 9.53 Å². The third-order valence-electron chi connectivity index (χ3n) is 4.15. The van der Waals surface area contributed by atoms with Crippen molar-refractivity contribution in [2.45, 2.75) is 58.1 Å². The number of allylic oxidation sites excluding steroid dienone is 1.